The summed E-state index contributed by atoms with van der Waals surface area (Å²) in [6, 6.07) is 61.5. The Labute approximate surface area is 732 Å². The highest BCUT2D eigenvalue weighted by Crippen LogP contribution is 2.36. The first-order valence-electron chi connectivity index (χ1n) is 39.7. The fourth-order valence-electron chi connectivity index (χ4n) is 11.7. The van der Waals surface area contributed by atoms with Crippen LogP contribution in [0.3, 0.4) is 0 Å². The third-order valence-corrected chi connectivity index (χ3v) is 21.0. The number of rotatable bonds is 33. The summed E-state index contributed by atoms with van der Waals surface area (Å²) in [5, 5.41) is 24.0. The SMILES string of the molecule is CCOc1cccc(O)c1C(=O)Nc1ccc(Cl)c(C)c1.CCOc1cccc(SCCN(C)C)c1CC(=O)c1ccc(Cl)c(C)c1.CN(C)CCOc1ccccc1C(=O)Nc1ccccc1.Cc1cc(NC(=O)c2c(OCCN(C)C)cccc2OC2CCCC2)ccc1Cl.Cc1cc(NC(=O)c2cccc(OCCN(C)C)c2)ccc1Cl. The molecule has 0 spiro atoms. The lowest BCUT2D eigenvalue weighted by atomic mass is 10.0. The molecule has 1 aliphatic carbocycles. The number of halogens is 4. The molecule has 1 aliphatic rings. The van der Waals surface area contributed by atoms with Crippen molar-refractivity contribution in [2.75, 3.05) is 143 Å². The van der Waals surface area contributed by atoms with Gasteiger partial charge in [0.2, 0.25) is 0 Å². The molecule has 0 saturated heterocycles. The Morgan fingerprint density at radius 3 is 1.40 bits per heavy atom. The number of ether oxygens (including phenoxy) is 6. The minimum absolute atomic E-state index is 0.0754. The first-order chi connectivity index (χ1) is 57.5. The molecule has 1 fully saturated rings. The number of hydrogen-bond donors (Lipinski definition) is 5. The van der Waals surface area contributed by atoms with Crippen LogP contribution in [0.5, 0.6) is 40.2 Å². The molecule has 5 N–H and O–H groups in total. The van der Waals surface area contributed by atoms with E-state index in [1.165, 1.54) is 6.07 Å². The molecule has 638 valence electrons. The first kappa shape index (κ1) is 96.8. The number of para-hydroxylation sites is 2. The molecule has 0 bridgehead atoms. The molecule has 11 rings (SSSR count). The van der Waals surface area contributed by atoms with Crippen LogP contribution in [0.2, 0.25) is 20.1 Å². The van der Waals surface area contributed by atoms with E-state index >= 15 is 0 Å². The Hall–Kier alpha value is -10.3. The number of carbonyl (C=O) groups is 5. The predicted octanol–water partition coefficient (Wildman–Crippen LogP) is 21.0. The van der Waals surface area contributed by atoms with Gasteiger partial charge in [0.15, 0.2) is 5.78 Å². The normalized spacial score (nSPS) is 11.5. The van der Waals surface area contributed by atoms with Gasteiger partial charge in [-0.1, -0.05) is 101 Å². The van der Waals surface area contributed by atoms with Crippen molar-refractivity contribution in [1.82, 2.24) is 19.6 Å². The number of phenolic OH excluding ortho intramolecular Hbond substituents is 1. The minimum atomic E-state index is -0.432. The summed E-state index contributed by atoms with van der Waals surface area (Å²) >= 11 is 25.9. The molecular formula is C95H112Cl4N8O12S. The molecule has 0 atom stereocenters. The summed E-state index contributed by atoms with van der Waals surface area (Å²) in [6.07, 6.45) is 4.83. The number of anilines is 4. The van der Waals surface area contributed by atoms with Gasteiger partial charge in [-0.25, -0.2) is 0 Å². The molecule has 0 aromatic heterocycles. The summed E-state index contributed by atoms with van der Waals surface area (Å²) < 4.78 is 34.7. The lowest BCUT2D eigenvalue weighted by Crippen LogP contribution is -2.22. The van der Waals surface area contributed by atoms with Crippen LogP contribution in [-0.2, 0) is 6.42 Å². The van der Waals surface area contributed by atoms with Crippen LogP contribution < -0.4 is 49.7 Å². The molecule has 0 aliphatic heterocycles. The van der Waals surface area contributed by atoms with Gasteiger partial charge in [0.1, 0.15) is 71.2 Å². The molecule has 4 amide bonds. The Morgan fingerprint density at radius 2 is 0.850 bits per heavy atom. The maximum atomic E-state index is 13.2. The number of nitrogens with zero attached hydrogens (tertiary/aromatic N) is 4. The van der Waals surface area contributed by atoms with E-state index in [-0.39, 0.29) is 40.9 Å². The van der Waals surface area contributed by atoms with Gasteiger partial charge in [0.25, 0.3) is 23.6 Å². The largest absolute Gasteiger partial charge is 0.507 e. The molecule has 20 nitrogen and oxygen atoms in total. The van der Waals surface area contributed by atoms with Crippen molar-refractivity contribution in [3.8, 4) is 40.2 Å². The van der Waals surface area contributed by atoms with Crippen molar-refractivity contribution in [2.45, 2.75) is 84.6 Å². The van der Waals surface area contributed by atoms with Crippen LogP contribution in [0.1, 0.15) is 119 Å². The number of hydrogen-bond acceptors (Lipinski definition) is 17. The number of amides is 4. The van der Waals surface area contributed by atoms with Crippen molar-refractivity contribution >= 4 is 110 Å². The first-order valence-corrected chi connectivity index (χ1v) is 42.2. The van der Waals surface area contributed by atoms with Gasteiger partial charge in [-0.05, 0) is 298 Å². The van der Waals surface area contributed by atoms with Crippen LogP contribution in [0.15, 0.2) is 211 Å². The summed E-state index contributed by atoms with van der Waals surface area (Å²) in [4.78, 5) is 72.4. The molecule has 25 heteroatoms. The Morgan fingerprint density at radius 1 is 0.408 bits per heavy atom. The number of phenols is 1. The quantitative estimate of drug-likeness (QED) is 0.0191. The molecule has 10 aromatic carbocycles. The van der Waals surface area contributed by atoms with E-state index in [1.807, 2.05) is 208 Å². The topological polar surface area (TPSA) is 222 Å². The van der Waals surface area contributed by atoms with Gasteiger partial charge in [-0.15, -0.1) is 11.8 Å². The van der Waals surface area contributed by atoms with E-state index in [2.05, 4.69) is 46.3 Å². The van der Waals surface area contributed by atoms with E-state index < -0.39 is 5.91 Å². The van der Waals surface area contributed by atoms with Crippen LogP contribution >= 0.6 is 58.2 Å². The van der Waals surface area contributed by atoms with E-state index in [4.69, 9.17) is 74.8 Å². The Balaban J connectivity index is 0.000000208. The fraction of sp³-hybridized carbons (Fsp3) is 0.316. The van der Waals surface area contributed by atoms with Crippen molar-refractivity contribution in [3.05, 3.63) is 282 Å². The fourth-order valence-corrected chi connectivity index (χ4v) is 13.4. The summed E-state index contributed by atoms with van der Waals surface area (Å²) in [7, 11) is 16.0. The van der Waals surface area contributed by atoms with Crippen molar-refractivity contribution in [3.63, 3.8) is 0 Å². The van der Waals surface area contributed by atoms with Gasteiger partial charge in [0, 0.05) is 103 Å². The van der Waals surface area contributed by atoms with Crippen LogP contribution in [0, 0.1) is 27.7 Å². The molecule has 120 heavy (non-hydrogen) atoms. The molecule has 10 aromatic rings. The number of Topliss-reactive ketones (excluding diaryl/α,β-unsaturated/α-hetero) is 1. The van der Waals surface area contributed by atoms with Crippen LogP contribution in [-0.4, -0.2) is 182 Å². The standard InChI is InChI=1S/C23H29ClN2O3.C21H26ClNO2S.C18H21ClN2O2.C17H20N2O2.C16H16ClNO3/c1-16-15-17(11-12-19(16)24)25-23(27)22-20(28-14-13-26(2)3)9-6-10-21(22)29-18-7-4-5-8-18;1-5-25-20-7-6-8-21(26-12-11-23(3)4)17(20)14-19(24)16-9-10-18(22)15(2)13-16;1-13-11-15(7-8-17(13)19)20-18(22)14-5-4-6-16(12-14)23-10-9-21(2)3;1-19(2)12-13-21-16-11-7-6-10-15(16)17(20)18-14-8-4-3-5-9-14;1-3-21-14-6-4-5-13(19)15(14)16(20)18-11-7-8-12(17)10(2)9-11/h6,9-12,15,18H,4-5,7-8,13-14H2,1-3H3,(H,25,27);6-10,13H,5,11-12,14H2,1-4H3;4-8,11-12H,9-10H2,1-3H3,(H,20,22);3-11H,12-13H2,1-2H3,(H,18,20);4-9,19H,3H2,1-2H3,(H,18,20). The van der Waals surface area contributed by atoms with E-state index in [0.29, 0.717) is 122 Å². The summed E-state index contributed by atoms with van der Waals surface area (Å²) in [5.74, 6) is 3.43. The average molecular weight is 1730 g/mol. The third-order valence-electron chi connectivity index (χ3n) is 18.3. The van der Waals surface area contributed by atoms with Crippen molar-refractivity contribution in [2.24, 2.45) is 0 Å². The summed E-state index contributed by atoms with van der Waals surface area (Å²) in [6.45, 7) is 17.3. The lowest BCUT2D eigenvalue weighted by molar-refractivity contribution is 0.0986. The minimum Gasteiger partial charge on any atom is -0.507 e. The Bertz CT molecular complexity index is 4970. The number of aromatic hydroxyl groups is 1. The van der Waals surface area contributed by atoms with E-state index in [1.54, 1.807) is 96.7 Å². The van der Waals surface area contributed by atoms with Crippen LogP contribution in [0.4, 0.5) is 22.7 Å². The summed E-state index contributed by atoms with van der Waals surface area (Å²) in [5.41, 5.74) is 9.68. The number of thioether (sulfide) groups is 1. The van der Waals surface area contributed by atoms with E-state index in [0.717, 1.165) is 107 Å². The van der Waals surface area contributed by atoms with Crippen molar-refractivity contribution in [1.29, 1.82) is 0 Å². The molecular weight excluding hydrogens is 1620 g/mol. The van der Waals surface area contributed by atoms with Gasteiger partial charge < -0.3 is 74.4 Å². The average Bonchev–Trinajstić information content (AvgIpc) is 1.15. The Kier molecular flexibility index (Phi) is 40.9. The maximum Gasteiger partial charge on any atom is 0.263 e. The highest BCUT2D eigenvalue weighted by Gasteiger charge is 2.26. The van der Waals surface area contributed by atoms with Gasteiger partial charge in [-0.3, -0.25) is 24.0 Å². The third kappa shape index (κ3) is 32.7. The number of nitrogens with one attached hydrogen (secondary N) is 4. The molecule has 0 radical (unpaired) electrons. The zero-order valence-electron chi connectivity index (χ0n) is 71.0. The van der Waals surface area contributed by atoms with E-state index in [9.17, 15) is 29.1 Å². The highest BCUT2D eigenvalue weighted by molar-refractivity contribution is 7.99. The number of likely N-dealkylation sites (N-methyl/N-ethyl adjacent to an activating group) is 3. The second-order valence-corrected chi connectivity index (χ2v) is 31.9. The molecule has 0 unspecified atom stereocenters. The number of benzene rings is 10. The zero-order chi connectivity index (χ0) is 87.2. The number of aryl methyl sites for hydroxylation is 4. The molecule has 0 heterocycles. The van der Waals surface area contributed by atoms with Crippen molar-refractivity contribution < 1.29 is 57.5 Å². The second-order valence-electron chi connectivity index (χ2n) is 29.2. The number of ketones is 1. The molecule has 1 saturated carbocycles. The lowest BCUT2D eigenvalue weighted by Gasteiger charge is -2.20. The second kappa shape index (κ2) is 50.7. The highest BCUT2D eigenvalue weighted by atomic mass is 35.5. The monoisotopic (exact) mass is 1730 g/mol. The predicted molar refractivity (Wildman–Crippen MR) is 492 cm³/mol. The number of carbonyl (C=O) groups excluding carboxylic acids is 5. The maximum absolute atomic E-state index is 13.2. The zero-order valence-corrected chi connectivity index (χ0v) is 74.8. The van der Waals surface area contributed by atoms with Crippen LogP contribution in [0.25, 0.3) is 0 Å². The smallest absolute Gasteiger partial charge is 0.263 e. The van der Waals surface area contributed by atoms with Gasteiger partial charge >= 0.3 is 0 Å². The van der Waals surface area contributed by atoms with Gasteiger partial charge in [-0.2, -0.15) is 0 Å². The van der Waals surface area contributed by atoms with Gasteiger partial charge in [0.05, 0.1) is 24.9 Å².